The molecule has 0 bridgehead atoms. The summed E-state index contributed by atoms with van der Waals surface area (Å²) >= 11 is 3.08. The molecule has 0 aliphatic carbocycles. The first kappa shape index (κ1) is 14.1. The molecule has 17 heavy (non-hydrogen) atoms. The number of Topliss-reactive ketones (excluding diaryl/α,β-unsaturated/α-hetero) is 1. The van der Waals surface area contributed by atoms with Crippen LogP contribution < -0.4 is 0 Å². The fraction of sp³-hybridized carbons (Fsp3) is 0.357. The Morgan fingerprint density at radius 3 is 2.76 bits per heavy atom. The van der Waals surface area contributed by atoms with Crippen molar-refractivity contribution in [3.8, 4) is 0 Å². The topological polar surface area (TPSA) is 17.1 Å². The van der Waals surface area contributed by atoms with Gasteiger partial charge in [-0.15, -0.1) is 6.58 Å². The van der Waals surface area contributed by atoms with E-state index in [0.29, 0.717) is 16.5 Å². The monoisotopic (exact) mass is 298 g/mol. The molecule has 3 heteroatoms. The van der Waals surface area contributed by atoms with Gasteiger partial charge in [0.05, 0.1) is 4.47 Å². The molecular weight excluding hydrogens is 283 g/mol. The van der Waals surface area contributed by atoms with Gasteiger partial charge in [0.25, 0.3) is 0 Å². The van der Waals surface area contributed by atoms with E-state index >= 15 is 0 Å². The van der Waals surface area contributed by atoms with Crippen LogP contribution in [0.2, 0.25) is 0 Å². The van der Waals surface area contributed by atoms with Gasteiger partial charge in [0.1, 0.15) is 5.82 Å². The van der Waals surface area contributed by atoms with Gasteiger partial charge in [0.2, 0.25) is 0 Å². The second-order valence-electron chi connectivity index (χ2n) is 3.94. The van der Waals surface area contributed by atoms with Crippen LogP contribution in [0.3, 0.4) is 0 Å². The van der Waals surface area contributed by atoms with Gasteiger partial charge in [0, 0.05) is 12.0 Å². The van der Waals surface area contributed by atoms with E-state index in [9.17, 15) is 9.18 Å². The summed E-state index contributed by atoms with van der Waals surface area (Å²) < 4.78 is 13.3. The van der Waals surface area contributed by atoms with Gasteiger partial charge in [0.15, 0.2) is 5.78 Å². The van der Waals surface area contributed by atoms with Crippen molar-refractivity contribution in [1.82, 2.24) is 0 Å². The highest BCUT2D eigenvalue weighted by atomic mass is 79.9. The maximum Gasteiger partial charge on any atom is 0.162 e. The first-order chi connectivity index (χ1) is 8.15. The van der Waals surface area contributed by atoms with Crippen LogP contribution in [-0.2, 0) is 0 Å². The van der Waals surface area contributed by atoms with Crippen molar-refractivity contribution in [2.24, 2.45) is 0 Å². The molecule has 0 N–H and O–H groups in total. The minimum Gasteiger partial charge on any atom is -0.294 e. The van der Waals surface area contributed by atoms with E-state index in [0.717, 1.165) is 25.7 Å². The van der Waals surface area contributed by atoms with Gasteiger partial charge < -0.3 is 0 Å². The minimum absolute atomic E-state index is 0.0734. The normalized spacial score (nSPS) is 10.2. The highest BCUT2D eigenvalue weighted by Gasteiger charge is 2.08. The second kappa shape index (κ2) is 7.38. The molecule has 0 aliphatic rings. The average Bonchev–Trinajstić information content (AvgIpc) is 2.32. The summed E-state index contributed by atoms with van der Waals surface area (Å²) in [6.45, 7) is 3.65. The highest BCUT2D eigenvalue weighted by molar-refractivity contribution is 9.10. The Labute approximate surface area is 110 Å². The summed E-state index contributed by atoms with van der Waals surface area (Å²) in [5.74, 6) is -0.267. The number of unbranched alkanes of at least 4 members (excludes halogenated alkanes) is 3. The van der Waals surface area contributed by atoms with E-state index in [1.807, 2.05) is 6.08 Å². The number of ketones is 1. The van der Waals surface area contributed by atoms with Crippen molar-refractivity contribution in [3.63, 3.8) is 0 Å². The van der Waals surface area contributed by atoms with E-state index in [4.69, 9.17) is 0 Å². The molecular formula is C14H16BrFO. The van der Waals surface area contributed by atoms with E-state index in [2.05, 4.69) is 22.5 Å². The molecule has 0 aliphatic heterocycles. The molecule has 1 nitrogen and oxygen atoms in total. The third kappa shape index (κ3) is 4.82. The Balaban J connectivity index is 2.41. The lowest BCUT2D eigenvalue weighted by Gasteiger charge is -2.02. The maximum atomic E-state index is 13.0. The molecule has 1 rings (SSSR count). The molecule has 0 amide bonds. The first-order valence-electron chi connectivity index (χ1n) is 5.74. The predicted octanol–water partition coefficient (Wildman–Crippen LogP) is 4.91. The van der Waals surface area contributed by atoms with Crippen LogP contribution in [0.5, 0.6) is 0 Å². The van der Waals surface area contributed by atoms with Crippen LogP contribution in [-0.4, -0.2) is 5.78 Å². The smallest absolute Gasteiger partial charge is 0.162 e. The molecule has 0 radical (unpaired) electrons. The average molecular weight is 299 g/mol. The summed E-state index contributed by atoms with van der Waals surface area (Å²) in [6, 6.07) is 4.39. The molecule has 0 aromatic heterocycles. The lowest BCUT2D eigenvalue weighted by molar-refractivity contribution is 0.0979. The lowest BCUT2D eigenvalue weighted by Crippen LogP contribution is -1.99. The number of carbonyl (C=O) groups excluding carboxylic acids is 1. The second-order valence-corrected chi connectivity index (χ2v) is 4.79. The largest absolute Gasteiger partial charge is 0.294 e. The van der Waals surface area contributed by atoms with E-state index in [1.54, 1.807) is 6.07 Å². The third-order valence-corrected chi connectivity index (χ3v) is 3.16. The molecule has 92 valence electrons. The number of hydrogen-bond acceptors (Lipinski definition) is 1. The number of hydrogen-bond donors (Lipinski definition) is 0. The van der Waals surface area contributed by atoms with Gasteiger partial charge >= 0.3 is 0 Å². The fourth-order valence-electron chi connectivity index (χ4n) is 1.56. The van der Waals surface area contributed by atoms with Gasteiger partial charge in [-0.1, -0.05) is 12.5 Å². The Bertz CT molecular complexity index is 401. The van der Waals surface area contributed by atoms with E-state index in [-0.39, 0.29) is 11.6 Å². The van der Waals surface area contributed by atoms with Crippen molar-refractivity contribution in [2.45, 2.75) is 32.1 Å². The standard InChI is InChI=1S/C14H16BrFO/c1-2-3-4-5-6-7-14(17)11-8-9-13(16)12(15)10-11/h2,8-10H,1,3-7H2. The lowest BCUT2D eigenvalue weighted by atomic mass is 10.0. The molecule has 1 aromatic rings. The summed E-state index contributed by atoms with van der Waals surface area (Å²) in [4.78, 5) is 11.8. The summed E-state index contributed by atoms with van der Waals surface area (Å²) in [5, 5.41) is 0. The Morgan fingerprint density at radius 2 is 2.12 bits per heavy atom. The molecule has 0 fully saturated rings. The van der Waals surface area contributed by atoms with Crippen molar-refractivity contribution >= 4 is 21.7 Å². The zero-order valence-corrected chi connectivity index (χ0v) is 11.3. The number of benzene rings is 1. The summed E-state index contributed by atoms with van der Waals surface area (Å²) in [7, 11) is 0. The van der Waals surface area contributed by atoms with Gasteiger partial charge in [-0.3, -0.25) is 4.79 Å². The van der Waals surface area contributed by atoms with E-state index in [1.165, 1.54) is 12.1 Å². The summed E-state index contributed by atoms with van der Waals surface area (Å²) in [5.41, 5.74) is 0.571. The van der Waals surface area contributed by atoms with Crippen molar-refractivity contribution < 1.29 is 9.18 Å². The SMILES string of the molecule is C=CCCCCCC(=O)c1ccc(F)c(Br)c1. The third-order valence-electron chi connectivity index (χ3n) is 2.55. The molecule has 0 heterocycles. The minimum atomic E-state index is -0.340. The van der Waals surface area contributed by atoms with Crippen LogP contribution >= 0.6 is 15.9 Å². The molecule has 0 saturated heterocycles. The molecule has 0 unspecified atom stereocenters. The van der Waals surface area contributed by atoms with Crippen LogP contribution in [0.15, 0.2) is 35.3 Å². The molecule has 0 spiro atoms. The van der Waals surface area contributed by atoms with Crippen molar-refractivity contribution in [1.29, 1.82) is 0 Å². The highest BCUT2D eigenvalue weighted by Crippen LogP contribution is 2.18. The number of allylic oxidation sites excluding steroid dienone is 1. The van der Waals surface area contributed by atoms with Crippen molar-refractivity contribution in [2.75, 3.05) is 0 Å². The fourth-order valence-corrected chi connectivity index (χ4v) is 1.94. The Kier molecular flexibility index (Phi) is 6.12. The molecule has 0 saturated carbocycles. The first-order valence-corrected chi connectivity index (χ1v) is 6.53. The van der Waals surface area contributed by atoms with Crippen LogP contribution in [0.4, 0.5) is 4.39 Å². The predicted molar refractivity (Wildman–Crippen MR) is 71.7 cm³/mol. The number of rotatable bonds is 7. The number of carbonyl (C=O) groups is 1. The Hall–Kier alpha value is -0.960. The van der Waals surface area contributed by atoms with Crippen LogP contribution in [0, 0.1) is 5.82 Å². The van der Waals surface area contributed by atoms with Gasteiger partial charge in [-0.2, -0.15) is 0 Å². The Morgan fingerprint density at radius 1 is 1.35 bits per heavy atom. The van der Waals surface area contributed by atoms with Crippen molar-refractivity contribution in [3.05, 3.63) is 46.7 Å². The van der Waals surface area contributed by atoms with Crippen LogP contribution in [0.1, 0.15) is 42.5 Å². The van der Waals surface area contributed by atoms with E-state index < -0.39 is 0 Å². The maximum absolute atomic E-state index is 13.0. The molecule has 0 atom stereocenters. The number of halogens is 2. The summed E-state index contributed by atoms with van der Waals surface area (Å²) in [6.07, 6.45) is 6.39. The van der Waals surface area contributed by atoms with Crippen LogP contribution in [0.25, 0.3) is 0 Å². The van der Waals surface area contributed by atoms with Gasteiger partial charge in [-0.25, -0.2) is 4.39 Å². The van der Waals surface area contributed by atoms with Gasteiger partial charge in [-0.05, 0) is 53.4 Å². The zero-order chi connectivity index (χ0) is 12.7. The molecule has 1 aromatic carbocycles. The quantitative estimate of drug-likeness (QED) is 0.397. The zero-order valence-electron chi connectivity index (χ0n) is 9.72.